The van der Waals surface area contributed by atoms with Crippen molar-refractivity contribution >= 4 is 17.6 Å². The van der Waals surface area contributed by atoms with Crippen LogP contribution in [0.3, 0.4) is 0 Å². The van der Waals surface area contributed by atoms with Gasteiger partial charge in [0, 0.05) is 36.7 Å². The number of nitrogens with zero attached hydrogens (tertiary/aromatic N) is 2. The lowest BCUT2D eigenvalue weighted by Crippen LogP contribution is -2.90. The average Bonchev–Trinajstić information content (AvgIpc) is 2.92. The lowest BCUT2D eigenvalue weighted by molar-refractivity contribution is -0.682. The molecular formula is C20H24N6O+2. The molecular weight excluding hydrogens is 340 g/mol. The number of ether oxygens (including phenoxy) is 1. The summed E-state index contributed by atoms with van der Waals surface area (Å²) in [7, 11) is 0. The molecule has 2 aliphatic heterocycles. The number of pyridine rings is 1. The summed E-state index contributed by atoms with van der Waals surface area (Å²) in [4.78, 5) is 8.74. The fraction of sp³-hybridized carbons (Fsp3) is 0.300. The molecule has 7 heteroatoms. The van der Waals surface area contributed by atoms with Crippen LogP contribution in [0.25, 0.3) is 0 Å². The van der Waals surface area contributed by atoms with Crippen LogP contribution in [0.4, 0.5) is 0 Å². The summed E-state index contributed by atoms with van der Waals surface area (Å²) in [5.74, 6) is 6.22. The van der Waals surface area contributed by atoms with Gasteiger partial charge in [0.05, 0.1) is 12.8 Å². The monoisotopic (exact) mass is 364 g/mol. The van der Waals surface area contributed by atoms with E-state index >= 15 is 0 Å². The van der Waals surface area contributed by atoms with Gasteiger partial charge < -0.3 is 10.5 Å². The lowest BCUT2D eigenvalue weighted by Gasteiger charge is -2.20. The molecule has 0 spiro atoms. The first-order valence-corrected chi connectivity index (χ1v) is 8.94. The maximum Gasteiger partial charge on any atom is 0.224 e. The zero-order valence-corrected chi connectivity index (χ0v) is 15.1. The van der Waals surface area contributed by atoms with Crippen molar-refractivity contribution in [3.8, 4) is 11.8 Å². The van der Waals surface area contributed by atoms with Gasteiger partial charge in [-0.25, -0.2) is 0 Å². The molecule has 2 unspecified atom stereocenters. The Morgan fingerprint density at radius 2 is 2.33 bits per heavy atom. The number of rotatable bonds is 6. The van der Waals surface area contributed by atoms with Crippen LogP contribution in [-0.4, -0.2) is 35.5 Å². The molecule has 3 heterocycles. The fourth-order valence-corrected chi connectivity index (χ4v) is 2.94. The molecule has 2 atom stereocenters. The van der Waals surface area contributed by atoms with Crippen LogP contribution in [0.1, 0.15) is 30.9 Å². The molecule has 0 aliphatic carbocycles. The van der Waals surface area contributed by atoms with Crippen LogP contribution in [0, 0.1) is 17.3 Å². The van der Waals surface area contributed by atoms with Crippen molar-refractivity contribution in [3.63, 3.8) is 0 Å². The third-order valence-electron chi connectivity index (χ3n) is 4.38. The Morgan fingerprint density at radius 3 is 3.04 bits per heavy atom. The molecule has 3 rings (SSSR count). The Labute approximate surface area is 158 Å². The van der Waals surface area contributed by atoms with E-state index in [1.807, 2.05) is 17.4 Å². The number of nitrogens with two attached hydrogens (primary N) is 3. The summed E-state index contributed by atoms with van der Waals surface area (Å²) in [6.07, 6.45) is 11.1. The molecule has 7 nitrogen and oxygen atoms in total. The van der Waals surface area contributed by atoms with Gasteiger partial charge in [0.15, 0.2) is 11.9 Å². The van der Waals surface area contributed by atoms with E-state index in [2.05, 4.69) is 21.8 Å². The summed E-state index contributed by atoms with van der Waals surface area (Å²) in [6.45, 7) is 0.743. The van der Waals surface area contributed by atoms with Gasteiger partial charge in [-0.3, -0.25) is 26.1 Å². The minimum absolute atomic E-state index is 0.00832. The number of aliphatic imine (C=N–C) groups is 1. The van der Waals surface area contributed by atoms with Crippen LogP contribution < -0.4 is 16.5 Å². The van der Waals surface area contributed by atoms with E-state index in [9.17, 15) is 0 Å². The summed E-state index contributed by atoms with van der Waals surface area (Å²) < 4.78 is 5.82. The third-order valence-corrected chi connectivity index (χ3v) is 4.38. The number of quaternary nitrogens is 1. The van der Waals surface area contributed by atoms with Crippen LogP contribution >= 0.6 is 0 Å². The van der Waals surface area contributed by atoms with Gasteiger partial charge in [-0.1, -0.05) is 17.9 Å². The van der Waals surface area contributed by atoms with Crippen molar-refractivity contribution in [2.24, 2.45) is 10.7 Å². The van der Waals surface area contributed by atoms with Crippen molar-refractivity contribution in [3.05, 3.63) is 53.6 Å². The highest BCUT2D eigenvalue weighted by Crippen LogP contribution is 2.18. The fourth-order valence-electron chi connectivity index (χ4n) is 2.94. The average molecular weight is 364 g/mol. The highest BCUT2D eigenvalue weighted by Gasteiger charge is 2.25. The van der Waals surface area contributed by atoms with Gasteiger partial charge in [0.25, 0.3) is 0 Å². The highest BCUT2D eigenvalue weighted by molar-refractivity contribution is 6.50. The van der Waals surface area contributed by atoms with Gasteiger partial charge in [-0.15, -0.1) is 0 Å². The smallest absolute Gasteiger partial charge is 0.224 e. The maximum absolute atomic E-state index is 8.44. The highest BCUT2D eigenvalue weighted by atomic mass is 16.5. The van der Waals surface area contributed by atoms with Gasteiger partial charge >= 0.3 is 0 Å². The first kappa shape index (κ1) is 18.7. The second kappa shape index (κ2) is 9.03. The predicted molar refractivity (Wildman–Crippen MR) is 104 cm³/mol. The predicted octanol–water partition coefficient (Wildman–Crippen LogP) is -0.753. The standard InChI is InChI=1S/C20H22N6O/c21-9-8-16(22)20(23)15-6-7-17(14-4-3-10-24-12-14)25-13-18(15)26-19-5-1-2-11-27-19/h3-4,8-10,12-13,17,19,22-23,26H,1-2,5,11,21H2/p+2. The zero-order chi connectivity index (χ0) is 19.1. The molecule has 0 amide bonds. The van der Waals surface area contributed by atoms with Crippen molar-refractivity contribution in [1.29, 1.82) is 5.41 Å². The number of hydrogen-bond donors (Lipinski definition) is 4. The molecule has 1 saturated heterocycles. The Morgan fingerprint density at radius 1 is 1.44 bits per heavy atom. The van der Waals surface area contributed by atoms with Crippen LogP contribution in [0.15, 0.2) is 53.1 Å². The molecule has 0 aromatic carbocycles. The number of nitrogens with one attached hydrogen (secondary N) is 1. The quantitative estimate of drug-likeness (QED) is 0.392. The first-order chi connectivity index (χ1) is 13.2. The van der Waals surface area contributed by atoms with E-state index in [0.29, 0.717) is 5.57 Å². The number of allylic oxidation sites excluding steroid dienone is 3. The molecule has 2 aliphatic rings. The summed E-state index contributed by atoms with van der Waals surface area (Å²) >= 11 is 0. The van der Waals surface area contributed by atoms with E-state index in [1.54, 1.807) is 18.6 Å². The Hall–Kier alpha value is -3.08. The summed E-state index contributed by atoms with van der Waals surface area (Å²) in [6, 6.07) is 3.45. The van der Waals surface area contributed by atoms with Gasteiger partial charge in [-0.2, -0.15) is 0 Å². The summed E-state index contributed by atoms with van der Waals surface area (Å²) in [5, 5.41) is 16.4. The van der Waals surface area contributed by atoms with Crippen molar-refractivity contribution in [2.45, 2.75) is 31.5 Å². The number of hydrogen-bond acceptors (Lipinski definition) is 5. The van der Waals surface area contributed by atoms with E-state index in [-0.39, 0.29) is 23.7 Å². The molecule has 27 heavy (non-hydrogen) atoms. The van der Waals surface area contributed by atoms with Crippen LogP contribution in [0.2, 0.25) is 0 Å². The van der Waals surface area contributed by atoms with Crippen LogP contribution in [0.5, 0.6) is 0 Å². The normalized spacial score (nSPS) is 22.2. The Balaban J connectivity index is 1.93. The van der Waals surface area contributed by atoms with Gasteiger partial charge in [0.1, 0.15) is 17.3 Å². The molecule has 7 N–H and O–H groups in total. The van der Waals surface area contributed by atoms with Crippen LogP contribution in [-0.2, 0) is 4.74 Å². The van der Waals surface area contributed by atoms with Gasteiger partial charge in [0.2, 0.25) is 5.71 Å². The van der Waals surface area contributed by atoms with Crippen molar-refractivity contribution < 1.29 is 15.5 Å². The Kier molecular flexibility index (Phi) is 6.26. The molecule has 1 aromatic rings. The second-order valence-corrected chi connectivity index (χ2v) is 6.33. The maximum atomic E-state index is 8.44. The van der Waals surface area contributed by atoms with Crippen molar-refractivity contribution in [1.82, 2.24) is 4.98 Å². The molecule has 0 radical (unpaired) electrons. The van der Waals surface area contributed by atoms with E-state index in [1.165, 1.54) is 12.3 Å². The third kappa shape index (κ3) is 4.76. The molecule has 1 aromatic heterocycles. The minimum atomic E-state index is -0.342. The van der Waals surface area contributed by atoms with E-state index in [0.717, 1.165) is 37.1 Å². The lowest BCUT2D eigenvalue weighted by atomic mass is 10.0. The molecule has 0 saturated carbocycles. The molecule has 0 bridgehead atoms. The molecule has 1 fully saturated rings. The van der Waals surface area contributed by atoms with Crippen molar-refractivity contribution in [2.75, 3.05) is 6.61 Å². The van der Waals surface area contributed by atoms with Gasteiger partial charge in [-0.05, 0) is 18.9 Å². The SMILES string of the molecule is N=C(C(=[NH2+])C=CN)C1=C([NH2+]C2CCCCO2)C=NC(c2cccnc2)C#C1. The summed E-state index contributed by atoms with van der Waals surface area (Å²) in [5.41, 5.74) is 7.98. The minimum Gasteiger partial charge on any atom is -0.404 e. The van der Waals surface area contributed by atoms with E-state index < -0.39 is 0 Å². The van der Waals surface area contributed by atoms with E-state index in [4.69, 9.17) is 21.3 Å². The first-order valence-electron chi connectivity index (χ1n) is 8.94. The topological polar surface area (TPSA) is 127 Å². The second-order valence-electron chi connectivity index (χ2n) is 6.33. The zero-order valence-electron chi connectivity index (χ0n) is 15.1. The Bertz CT molecular complexity index is 853. The largest absolute Gasteiger partial charge is 0.404 e. The molecule has 138 valence electrons. The number of aromatic nitrogens is 1.